The Morgan fingerprint density at radius 1 is 0.175 bits per heavy atom. The van der Waals surface area contributed by atoms with Gasteiger partial charge in [-0.1, -0.05) is 255 Å². The lowest BCUT2D eigenvalue weighted by Gasteiger charge is -2.42. The number of hydrogen-bond donors (Lipinski definition) is 0. The summed E-state index contributed by atoms with van der Waals surface area (Å²) < 4.78 is 0. The van der Waals surface area contributed by atoms with E-state index in [1.807, 2.05) is 12.1 Å². The molecular weight excluding hydrogens is 969 g/mol. The number of nitrogens with zero attached hydrogens (tertiary/aromatic N) is 4. The van der Waals surface area contributed by atoms with Gasteiger partial charge in [0, 0.05) is 45.2 Å². The molecule has 2 bridgehead atoms. The van der Waals surface area contributed by atoms with Gasteiger partial charge in [0.15, 0.2) is 11.6 Å². The quantitative estimate of drug-likeness (QED) is 0.137. The van der Waals surface area contributed by atoms with Crippen molar-refractivity contribution in [2.24, 2.45) is 0 Å². The predicted molar refractivity (Wildman–Crippen MR) is 327 cm³/mol. The number of hydrogen-bond acceptors (Lipinski definition) is 4. The third-order valence-corrected chi connectivity index (χ3v) is 16.1. The van der Waals surface area contributed by atoms with Crippen LogP contribution in [-0.4, -0.2) is 19.9 Å². The number of aromatic nitrogens is 4. The molecule has 2 atom stereocenters. The Bertz CT molecular complexity index is 4160. The molecule has 4 nitrogen and oxygen atoms in total. The van der Waals surface area contributed by atoms with Crippen molar-refractivity contribution in [2.75, 3.05) is 0 Å². The normalized spacial score (nSPS) is 13.8. The van der Waals surface area contributed by atoms with E-state index in [1.54, 1.807) is 0 Å². The molecule has 0 radical (unpaired) electrons. The molecule has 3 aliphatic rings. The molecule has 2 unspecified atom stereocenters. The molecule has 374 valence electrons. The summed E-state index contributed by atoms with van der Waals surface area (Å²) in [5.74, 6) is 1.42. The van der Waals surface area contributed by atoms with Crippen LogP contribution in [0.3, 0.4) is 0 Å². The van der Waals surface area contributed by atoms with Crippen molar-refractivity contribution in [2.45, 2.75) is 11.8 Å². The third-order valence-electron chi connectivity index (χ3n) is 16.1. The molecule has 2 heterocycles. The Balaban J connectivity index is 0.871. The summed E-state index contributed by atoms with van der Waals surface area (Å²) in [4.78, 5) is 21.6. The van der Waals surface area contributed by atoms with Gasteiger partial charge >= 0.3 is 0 Å². The van der Waals surface area contributed by atoms with Gasteiger partial charge < -0.3 is 0 Å². The maximum atomic E-state index is 5.40. The van der Waals surface area contributed by atoms with E-state index in [4.69, 9.17) is 19.9 Å². The van der Waals surface area contributed by atoms with Crippen LogP contribution in [0.1, 0.15) is 45.2 Å². The van der Waals surface area contributed by atoms with E-state index in [0.717, 1.165) is 101 Å². The molecule has 0 N–H and O–H groups in total. The van der Waals surface area contributed by atoms with Gasteiger partial charge in [-0.3, -0.25) is 0 Å². The first-order valence-electron chi connectivity index (χ1n) is 27.4. The standard InChI is InChI=1S/C76H50N4/c1-7-21-49(22-8-1)55-35-39-59(51-25-11-3-12-26-51)65(43-55)71-47-69(77-75(79-71)53-29-15-5-16-30-53)57-37-41-63-67(45-57)73-61-33-19-20-34-62(61)74(63)68-46-58(38-42-64(68)73)70-48-72(80-76(78-70)54-31-17-6-18-32-54)66-44-56(50-23-9-2-10-24-50)36-40-60(66)52-27-13-4-14-28-52/h1-48,73-74H. The smallest absolute Gasteiger partial charge is 0.160 e. The first-order valence-corrected chi connectivity index (χ1v) is 27.4. The Hall–Kier alpha value is -10.4. The largest absolute Gasteiger partial charge is 0.228 e. The minimum atomic E-state index is 0.0207. The van der Waals surface area contributed by atoms with Crippen molar-refractivity contribution in [1.29, 1.82) is 0 Å². The third kappa shape index (κ3) is 8.42. The van der Waals surface area contributed by atoms with E-state index in [0.29, 0.717) is 11.6 Å². The van der Waals surface area contributed by atoms with E-state index in [1.165, 1.54) is 33.4 Å². The van der Waals surface area contributed by atoms with Crippen LogP contribution in [0.25, 0.3) is 112 Å². The summed E-state index contributed by atoms with van der Waals surface area (Å²) in [5, 5.41) is 0. The molecule has 0 amide bonds. The molecule has 0 fully saturated rings. The highest BCUT2D eigenvalue weighted by atomic mass is 14.9. The van der Waals surface area contributed by atoms with Crippen molar-refractivity contribution in [3.63, 3.8) is 0 Å². The number of benzene rings is 11. The zero-order valence-electron chi connectivity index (χ0n) is 43.7. The SMILES string of the molecule is c1ccc(-c2ccc(-c3ccccc3)c(-c3cc(-c4ccc5c(c4)C4c6ccccc6C5c5cc(-c6cc(-c7cc(-c8ccccc8)ccc7-c7ccccc7)nc(-c7ccccc7)n6)ccc54)nc(-c4ccccc4)n3)c2)cc1. The maximum Gasteiger partial charge on any atom is 0.160 e. The minimum Gasteiger partial charge on any atom is -0.228 e. The summed E-state index contributed by atoms with van der Waals surface area (Å²) >= 11 is 0. The first kappa shape index (κ1) is 46.8. The van der Waals surface area contributed by atoms with Crippen LogP contribution < -0.4 is 0 Å². The van der Waals surface area contributed by atoms with Crippen LogP contribution in [0.15, 0.2) is 291 Å². The van der Waals surface area contributed by atoms with E-state index in [-0.39, 0.29) is 11.8 Å². The summed E-state index contributed by atoms with van der Waals surface area (Å²) in [6.45, 7) is 0. The second-order valence-electron chi connectivity index (χ2n) is 20.8. The Morgan fingerprint density at radius 3 is 0.850 bits per heavy atom. The highest BCUT2D eigenvalue weighted by Gasteiger charge is 2.41. The molecular formula is C76H50N4. The van der Waals surface area contributed by atoms with Crippen molar-refractivity contribution in [1.82, 2.24) is 19.9 Å². The molecule has 0 saturated carbocycles. The summed E-state index contributed by atoms with van der Waals surface area (Å²) in [7, 11) is 0. The van der Waals surface area contributed by atoms with Crippen LogP contribution >= 0.6 is 0 Å². The van der Waals surface area contributed by atoms with Gasteiger partial charge in [0.1, 0.15) is 0 Å². The molecule has 16 rings (SSSR count). The van der Waals surface area contributed by atoms with Gasteiger partial charge in [0.2, 0.25) is 0 Å². The van der Waals surface area contributed by atoms with Gasteiger partial charge in [-0.05, 0) is 114 Å². The highest BCUT2D eigenvalue weighted by molar-refractivity contribution is 5.90. The lowest BCUT2D eigenvalue weighted by atomic mass is 9.60. The van der Waals surface area contributed by atoms with Crippen LogP contribution in [0, 0.1) is 0 Å². The van der Waals surface area contributed by atoms with Gasteiger partial charge in [0.05, 0.1) is 22.8 Å². The molecule has 80 heavy (non-hydrogen) atoms. The molecule has 2 aromatic heterocycles. The van der Waals surface area contributed by atoms with Crippen LogP contribution in [0.4, 0.5) is 0 Å². The average molecular weight is 1020 g/mol. The van der Waals surface area contributed by atoms with E-state index in [9.17, 15) is 0 Å². The summed E-state index contributed by atoms with van der Waals surface area (Å²) in [6, 6.07) is 104. The van der Waals surface area contributed by atoms with Crippen molar-refractivity contribution >= 4 is 0 Å². The molecule has 0 spiro atoms. The maximum absolute atomic E-state index is 5.40. The second-order valence-corrected chi connectivity index (χ2v) is 20.8. The first-order chi connectivity index (χ1) is 39.6. The van der Waals surface area contributed by atoms with E-state index >= 15 is 0 Å². The van der Waals surface area contributed by atoms with E-state index < -0.39 is 0 Å². The molecule has 11 aromatic carbocycles. The molecule has 4 heteroatoms. The van der Waals surface area contributed by atoms with Crippen molar-refractivity contribution < 1.29 is 0 Å². The van der Waals surface area contributed by atoms with Gasteiger partial charge in [-0.2, -0.15) is 0 Å². The Morgan fingerprint density at radius 2 is 0.475 bits per heavy atom. The molecule has 3 aliphatic carbocycles. The fourth-order valence-corrected chi connectivity index (χ4v) is 12.3. The zero-order valence-corrected chi connectivity index (χ0v) is 43.7. The Kier molecular flexibility index (Phi) is 11.6. The molecule has 13 aromatic rings. The van der Waals surface area contributed by atoms with Crippen LogP contribution in [0.2, 0.25) is 0 Å². The second kappa shape index (κ2) is 19.9. The zero-order chi connectivity index (χ0) is 52.9. The lowest BCUT2D eigenvalue weighted by molar-refractivity contribution is 0.755. The van der Waals surface area contributed by atoms with Crippen LogP contribution in [-0.2, 0) is 0 Å². The summed E-state index contributed by atoms with van der Waals surface area (Å²) in [5.41, 5.74) is 26.7. The van der Waals surface area contributed by atoms with Crippen molar-refractivity contribution in [3.8, 4) is 112 Å². The summed E-state index contributed by atoms with van der Waals surface area (Å²) in [6.07, 6.45) is 0. The van der Waals surface area contributed by atoms with Crippen LogP contribution in [0.5, 0.6) is 0 Å². The van der Waals surface area contributed by atoms with Gasteiger partial charge in [0.25, 0.3) is 0 Å². The molecule has 0 aliphatic heterocycles. The van der Waals surface area contributed by atoms with E-state index in [2.05, 4.69) is 279 Å². The monoisotopic (exact) mass is 1020 g/mol. The Labute approximate surface area is 466 Å². The fraction of sp³-hybridized carbons (Fsp3) is 0.0263. The van der Waals surface area contributed by atoms with Gasteiger partial charge in [-0.25, -0.2) is 19.9 Å². The minimum absolute atomic E-state index is 0.0207. The topological polar surface area (TPSA) is 51.6 Å². The highest BCUT2D eigenvalue weighted by Crippen LogP contribution is 2.57. The fourth-order valence-electron chi connectivity index (χ4n) is 12.3. The van der Waals surface area contributed by atoms with Gasteiger partial charge in [-0.15, -0.1) is 0 Å². The predicted octanol–water partition coefficient (Wildman–Crippen LogP) is 18.9. The number of rotatable bonds is 10. The van der Waals surface area contributed by atoms with Crippen molar-refractivity contribution in [3.05, 3.63) is 325 Å². The lowest BCUT2D eigenvalue weighted by Crippen LogP contribution is -2.27. The average Bonchev–Trinajstić information content (AvgIpc) is 3.73. The molecule has 0 saturated heterocycles.